The molecule has 2 heterocycles. The van der Waals surface area contributed by atoms with E-state index >= 15 is 0 Å². The van der Waals surface area contributed by atoms with E-state index in [2.05, 4.69) is 43.4 Å². The molecular formula is C17H21N5S. The van der Waals surface area contributed by atoms with Crippen molar-refractivity contribution in [1.82, 2.24) is 14.9 Å². The molecule has 120 valence electrons. The molecule has 0 aliphatic heterocycles. The minimum absolute atomic E-state index is 0.525. The number of thiophene rings is 1. The topological polar surface area (TPSA) is 68.2 Å². The predicted octanol–water partition coefficient (Wildman–Crippen LogP) is 2.63. The zero-order valence-corrected chi connectivity index (χ0v) is 13.8. The van der Waals surface area contributed by atoms with E-state index in [1.54, 1.807) is 11.3 Å². The number of nitrogens with zero attached hydrogens (tertiary/aromatic N) is 3. The van der Waals surface area contributed by atoms with E-state index in [1.165, 1.54) is 10.4 Å². The van der Waals surface area contributed by atoms with Crippen molar-refractivity contribution in [2.24, 2.45) is 10.7 Å². The van der Waals surface area contributed by atoms with Crippen molar-refractivity contribution in [2.45, 2.75) is 19.4 Å². The van der Waals surface area contributed by atoms with E-state index < -0.39 is 0 Å². The molecule has 1 aromatic carbocycles. The number of rotatable bonds is 7. The number of hydrogen-bond donors (Lipinski definition) is 2. The summed E-state index contributed by atoms with van der Waals surface area (Å²) in [6.07, 6.45) is 3.81. The highest BCUT2D eigenvalue weighted by Gasteiger charge is 2.00. The summed E-state index contributed by atoms with van der Waals surface area (Å²) in [6, 6.07) is 12.4. The lowest BCUT2D eigenvalue weighted by Gasteiger charge is -2.05. The summed E-state index contributed by atoms with van der Waals surface area (Å²) in [6.45, 7) is 2.43. The van der Waals surface area contributed by atoms with Crippen molar-refractivity contribution >= 4 is 28.3 Å². The molecule has 0 fully saturated rings. The summed E-state index contributed by atoms with van der Waals surface area (Å²) in [5, 5.41) is 5.25. The van der Waals surface area contributed by atoms with Crippen molar-refractivity contribution in [3.8, 4) is 0 Å². The first-order valence-electron chi connectivity index (χ1n) is 7.79. The smallest absolute Gasteiger partial charge is 0.188 e. The Morgan fingerprint density at radius 2 is 2.17 bits per heavy atom. The van der Waals surface area contributed by atoms with Crippen molar-refractivity contribution in [2.75, 3.05) is 13.1 Å². The maximum atomic E-state index is 5.89. The van der Waals surface area contributed by atoms with Gasteiger partial charge in [-0.1, -0.05) is 18.2 Å². The van der Waals surface area contributed by atoms with E-state index in [0.717, 1.165) is 31.4 Å². The Bertz CT molecular complexity index is 760. The molecule has 0 aliphatic carbocycles. The zero-order chi connectivity index (χ0) is 15.9. The second-order valence-electron chi connectivity index (χ2n) is 5.30. The van der Waals surface area contributed by atoms with Crippen LogP contribution in [-0.4, -0.2) is 28.6 Å². The molecule has 0 unspecified atom stereocenters. The summed E-state index contributed by atoms with van der Waals surface area (Å²) in [7, 11) is 0. The number of nitrogens with one attached hydrogen (secondary N) is 1. The van der Waals surface area contributed by atoms with Crippen LogP contribution in [0.5, 0.6) is 0 Å². The van der Waals surface area contributed by atoms with Crippen LogP contribution in [-0.2, 0) is 13.0 Å². The van der Waals surface area contributed by atoms with Crippen LogP contribution in [0.2, 0.25) is 0 Å². The quantitative estimate of drug-likeness (QED) is 0.398. The first-order chi connectivity index (χ1) is 11.3. The minimum Gasteiger partial charge on any atom is -0.370 e. The Labute approximate surface area is 139 Å². The lowest BCUT2D eigenvalue weighted by Crippen LogP contribution is -2.33. The number of aryl methyl sites for hydroxylation is 1. The lowest BCUT2D eigenvalue weighted by molar-refractivity contribution is 0.664. The third-order valence-corrected chi connectivity index (χ3v) is 4.56. The van der Waals surface area contributed by atoms with E-state index in [9.17, 15) is 0 Å². The Kier molecular flexibility index (Phi) is 5.26. The maximum absolute atomic E-state index is 5.89. The molecule has 0 aliphatic rings. The van der Waals surface area contributed by atoms with E-state index in [0.29, 0.717) is 12.5 Å². The van der Waals surface area contributed by atoms with Crippen LogP contribution in [0.15, 0.2) is 53.1 Å². The van der Waals surface area contributed by atoms with Gasteiger partial charge in [0.25, 0.3) is 0 Å². The molecule has 0 saturated heterocycles. The highest BCUT2D eigenvalue weighted by Crippen LogP contribution is 2.12. The molecule has 3 aromatic rings. The Morgan fingerprint density at radius 1 is 1.26 bits per heavy atom. The molecule has 5 nitrogen and oxygen atoms in total. The summed E-state index contributed by atoms with van der Waals surface area (Å²) in [5.41, 5.74) is 8.08. The number of para-hydroxylation sites is 2. The predicted molar refractivity (Wildman–Crippen MR) is 96.9 cm³/mol. The van der Waals surface area contributed by atoms with Crippen LogP contribution in [0.4, 0.5) is 0 Å². The maximum Gasteiger partial charge on any atom is 0.188 e. The fourth-order valence-corrected chi connectivity index (χ4v) is 3.16. The second-order valence-corrected chi connectivity index (χ2v) is 6.34. The van der Waals surface area contributed by atoms with Gasteiger partial charge in [0.2, 0.25) is 0 Å². The van der Waals surface area contributed by atoms with Gasteiger partial charge in [-0.2, -0.15) is 0 Å². The van der Waals surface area contributed by atoms with Gasteiger partial charge in [0, 0.05) is 24.5 Å². The van der Waals surface area contributed by atoms with Gasteiger partial charge in [0.1, 0.15) is 0 Å². The van der Waals surface area contributed by atoms with Crippen LogP contribution < -0.4 is 11.1 Å². The highest BCUT2D eigenvalue weighted by atomic mass is 32.1. The van der Waals surface area contributed by atoms with Gasteiger partial charge in [0.15, 0.2) is 5.96 Å². The molecule has 6 heteroatoms. The molecule has 0 amide bonds. The summed E-state index contributed by atoms with van der Waals surface area (Å²) >= 11 is 1.77. The average molecular weight is 327 g/mol. The van der Waals surface area contributed by atoms with Gasteiger partial charge < -0.3 is 15.6 Å². The Balaban J connectivity index is 1.40. The fraction of sp³-hybridized carbons (Fsp3) is 0.294. The van der Waals surface area contributed by atoms with Crippen molar-refractivity contribution in [1.29, 1.82) is 0 Å². The normalized spacial score (nSPS) is 11.9. The first-order valence-corrected chi connectivity index (χ1v) is 8.67. The molecule has 2 aromatic heterocycles. The van der Waals surface area contributed by atoms with Crippen LogP contribution in [0, 0.1) is 0 Å². The third kappa shape index (κ3) is 4.32. The average Bonchev–Trinajstić information content (AvgIpc) is 3.21. The number of benzene rings is 1. The number of hydrogen-bond acceptors (Lipinski definition) is 3. The summed E-state index contributed by atoms with van der Waals surface area (Å²) in [5.74, 6) is 0.525. The van der Waals surface area contributed by atoms with Gasteiger partial charge in [-0.3, -0.25) is 4.99 Å². The van der Waals surface area contributed by atoms with Crippen molar-refractivity contribution in [3.63, 3.8) is 0 Å². The molecule has 0 radical (unpaired) electrons. The SMILES string of the molecule is NC(=NCCCn1cnc2ccccc21)NCCc1cccs1. The first kappa shape index (κ1) is 15.6. The molecule has 0 saturated carbocycles. The summed E-state index contributed by atoms with van der Waals surface area (Å²) < 4.78 is 2.16. The molecule has 0 spiro atoms. The Hall–Kier alpha value is -2.34. The van der Waals surface area contributed by atoms with E-state index in [1.807, 2.05) is 24.5 Å². The number of aromatic nitrogens is 2. The van der Waals surface area contributed by atoms with Gasteiger partial charge in [-0.15, -0.1) is 11.3 Å². The zero-order valence-electron chi connectivity index (χ0n) is 13.0. The molecule has 3 N–H and O–H groups in total. The largest absolute Gasteiger partial charge is 0.370 e. The second kappa shape index (κ2) is 7.78. The number of nitrogens with two attached hydrogens (primary N) is 1. The van der Waals surface area contributed by atoms with Gasteiger partial charge >= 0.3 is 0 Å². The highest BCUT2D eigenvalue weighted by molar-refractivity contribution is 7.09. The van der Waals surface area contributed by atoms with E-state index in [4.69, 9.17) is 5.73 Å². The number of fused-ring (bicyclic) bond motifs is 1. The minimum atomic E-state index is 0.525. The standard InChI is InChI=1S/C17H21N5S/c18-17(20-10-8-14-5-3-12-23-14)19-9-4-11-22-13-21-15-6-1-2-7-16(15)22/h1-3,5-7,12-13H,4,8-11H2,(H3,18,19,20). The molecule has 0 atom stereocenters. The molecule has 0 bridgehead atoms. The van der Waals surface area contributed by atoms with Crippen molar-refractivity contribution < 1.29 is 0 Å². The third-order valence-electron chi connectivity index (χ3n) is 3.62. The molecular weight excluding hydrogens is 306 g/mol. The molecule has 3 rings (SSSR count). The number of aliphatic imine (C=N–C) groups is 1. The summed E-state index contributed by atoms with van der Waals surface area (Å²) in [4.78, 5) is 10.1. The molecule has 23 heavy (non-hydrogen) atoms. The number of imidazole rings is 1. The lowest BCUT2D eigenvalue weighted by atomic mass is 10.3. The van der Waals surface area contributed by atoms with Crippen LogP contribution in [0.1, 0.15) is 11.3 Å². The van der Waals surface area contributed by atoms with Gasteiger partial charge in [-0.25, -0.2) is 4.98 Å². The Morgan fingerprint density at radius 3 is 3.04 bits per heavy atom. The van der Waals surface area contributed by atoms with Crippen LogP contribution in [0.3, 0.4) is 0 Å². The number of guanidine groups is 1. The van der Waals surface area contributed by atoms with E-state index in [-0.39, 0.29) is 0 Å². The van der Waals surface area contributed by atoms with Crippen LogP contribution in [0.25, 0.3) is 11.0 Å². The monoisotopic (exact) mass is 327 g/mol. The van der Waals surface area contributed by atoms with Crippen molar-refractivity contribution in [3.05, 3.63) is 53.0 Å². The van der Waals surface area contributed by atoms with Gasteiger partial charge in [0.05, 0.1) is 17.4 Å². The van der Waals surface area contributed by atoms with Crippen LogP contribution >= 0.6 is 11.3 Å². The van der Waals surface area contributed by atoms with Gasteiger partial charge in [-0.05, 0) is 36.4 Å². The fourth-order valence-electron chi connectivity index (χ4n) is 2.45.